The maximum Gasteiger partial charge on any atom is 0.279 e. The molecule has 8 nitrogen and oxygen atoms in total. The summed E-state index contributed by atoms with van der Waals surface area (Å²) in [6.07, 6.45) is 2.61. The Morgan fingerprint density at radius 2 is 2.06 bits per heavy atom. The average Bonchev–Trinajstić information content (AvgIpc) is 3.39. The van der Waals surface area contributed by atoms with Crippen LogP contribution in [0.25, 0.3) is 11.3 Å². The first kappa shape index (κ1) is 23.7. The highest BCUT2D eigenvalue weighted by Crippen LogP contribution is 2.34. The summed E-state index contributed by atoms with van der Waals surface area (Å²) < 4.78 is 7.21. The van der Waals surface area contributed by atoms with Crippen molar-refractivity contribution in [2.45, 2.75) is 20.3 Å². The molecule has 2 aliphatic rings. The number of benzene rings is 2. The van der Waals surface area contributed by atoms with E-state index in [9.17, 15) is 9.59 Å². The van der Waals surface area contributed by atoms with E-state index in [1.807, 2.05) is 52.7 Å². The second-order valence-electron chi connectivity index (χ2n) is 9.00. The van der Waals surface area contributed by atoms with Gasteiger partial charge in [0.1, 0.15) is 5.75 Å². The van der Waals surface area contributed by atoms with Crippen molar-refractivity contribution in [3.63, 3.8) is 0 Å². The lowest BCUT2D eigenvalue weighted by atomic mass is 10.1. The van der Waals surface area contributed by atoms with Crippen molar-refractivity contribution in [1.82, 2.24) is 4.68 Å². The molecule has 0 atom stereocenters. The first-order valence-electron chi connectivity index (χ1n) is 11.9. The van der Waals surface area contributed by atoms with Gasteiger partial charge in [-0.05, 0) is 36.6 Å². The molecule has 3 aromatic rings. The van der Waals surface area contributed by atoms with E-state index in [1.165, 1.54) is 11.3 Å². The number of aromatic nitrogens is 1. The standard InChI is InChI=1S/C27H27N5O3S/c1-4-12-28-27-32(22(16-36-27)18-9-10-23-20(14-18)29-24(33)15-35-23)30-25-19-7-5-6-8-21(19)31(26(25)34)13-11-17(2)3/h4-10,14,16-17H,1,11-13,15H2,2-3H3,(H,29,33). The zero-order chi connectivity index (χ0) is 25.2. The fourth-order valence-corrected chi connectivity index (χ4v) is 5.00. The summed E-state index contributed by atoms with van der Waals surface area (Å²) in [5.74, 6) is 0.766. The van der Waals surface area contributed by atoms with Crippen molar-refractivity contribution in [3.8, 4) is 17.0 Å². The van der Waals surface area contributed by atoms with Crippen molar-refractivity contribution in [2.75, 3.05) is 29.9 Å². The third-order valence-corrected chi connectivity index (χ3v) is 6.83. The maximum absolute atomic E-state index is 13.6. The Morgan fingerprint density at radius 3 is 2.86 bits per heavy atom. The van der Waals surface area contributed by atoms with Gasteiger partial charge in [0.25, 0.3) is 11.8 Å². The molecule has 184 valence electrons. The van der Waals surface area contributed by atoms with Crippen molar-refractivity contribution in [1.29, 1.82) is 0 Å². The fraction of sp³-hybridized carbons (Fsp3) is 0.259. The predicted molar refractivity (Wildman–Crippen MR) is 143 cm³/mol. The van der Waals surface area contributed by atoms with Gasteiger partial charge in [0.15, 0.2) is 12.3 Å². The quantitative estimate of drug-likeness (QED) is 0.490. The van der Waals surface area contributed by atoms with E-state index < -0.39 is 0 Å². The molecule has 0 fully saturated rings. The number of ether oxygens (including phenoxy) is 1. The molecule has 0 aliphatic carbocycles. The molecule has 36 heavy (non-hydrogen) atoms. The number of carbonyl (C=O) groups excluding carboxylic acids is 2. The van der Waals surface area contributed by atoms with E-state index in [-0.39, 0.29) is 18.4 Å². The summed E-state index contributed by atoms with van der Waals surface area (Å²) in [7, 11) is 0. The molecule has 9 heteroatoms. The number of hydrogen-bond acceptors (Lipinski definition) is 6. The number of para-hydroxylation sites is 1. The molecule has 0 bridgehead atoms. The molecule has 0 radical (unpaired) electrons. The minimum Gasteiger partial charge on any atom is -0.482 e. The molecule has 2 aliphatic heterocycles. The zero-order valence-electron chi connectivity index (χ0n) is 20.2. The highest BCUT2D eigenvalue weighted by molar-refractivity contribution is 7.07. The third kappa shape index (κ3) is 4.49. The molecule has 0 saturated carbocycles. The van der Waals surface area contributed by atoms with Crippen LogP contribution in [0.3, 0.4) is 0 Å². The van der Waals surface area contributed by atoms with Gasteiger partial charge < -0.3 is 15.0 Å². The second-order valence-corrected chi connectivity index (χ2v) is 9.83. The van der Waals surface area contributed by atoms with Crippen molar-refractivity contribution < 1.29 is 14.3 Å². The summed E-state index contributed by atoms with van der Waals surface area (Å²) in [5.41, 5.74) is 4.22. The van der Waals surface area contributed by atoms with Crippen LogP contribution in [0, 0.1) is 5.92 Å². The van der Waals surface area contributed by atoms with Gasteiger partial charge in [-0.3, -0.25) is 14.6 Å². The second kappa shape index (κ2) is 9.94. The summed E-state index contributed by atoms with van der Waals surface area (Å²) in [6.45, 7) is 9.11. The third-order valence-electron chi connectivity index (χ3n) is 5.98. The van der Waals surface area contributed by atoms with Crippen LogP contribution in [-0.2, 0) is 9.59 Å². The highest BCUT2D eigenvalue weighted by atomic mass is 32.1. The van der Waals surface area contributed by atoms with Crippen molar-refractivity contribution >= 4 is 40.2 Å². The molecule has 0 spiro atoms. The van der Waals surface area contributed by atoms with E-state index in [4.69, 9.17) is 9.84 Å². The number of nitrogens with one attached hydrogen (secondary N) is 1. The number of anilines is 2. The van der Waals surface area contributed by atoms with Gasteiger partial charge in [-0.25, -0.2) is 4.68 Å². The minimum atomic E-state index is -0.200. The van der Waals surface area contributed by atoms with Gasteiger partial charge in [-0.2, -0.15) is 5.10 Å². The number of thiazole rings is 1. The monoisotopic (exact) mass is 501 g/mol. The topological polar surface area (TPSA) is 88.3 Å². The smallest absolute Gasteiger partial charge is 0.279 e. The first-order chi connectivity index (χ1) is 17.5. The lowest BCUT2D eigenvalue weighted by Gasteiger charge is -2.18. The molecule has 0 saturated heterocycles. The molecule has 0 unspecified atom stereocenters. The Labute approximate surface area is 213 Å². The number of amides is 2. The number of carbonyl (C=O) groups is 2. The lowest BCUT2D eigenvalue weighted by molar-refractivity contribution is -0.118. The van der Waals surface area contributed by atoms with E-state index in [2.05, 4.69) is 30.7 Å². The van der Waals surface area contributed by atoms with Crippen LogP contribution in [0.4, 0.5) is 11.4 Å². The van der Waals surface area contributed by atoms with Crippen molar-refractivity contribution in [2.24, 2.45) is 16.0 Å². The Bertz CT molecular complexity index is 1450. The zero-order valence-corrected chi connectivity index (χ0v) is 21.0. The lowest BCUT2D eigenvalue weighted by Crippen LogP contribution is -2.32. The molecule has 2 amide bonds. The van der Waals surface area contributed by atoms with E-state index in [0.717, 1.165) is 28.9 Å². The Balaban J connectivity index is 1.63. The summed E-state index contributed by atoms with van der Waals surface area (Å²) in [4.78, 5) is 32.5. The molecule has 2 aromatic carbocycles. The normalized spacial score (nSPS) is 16.2. The molecule has 1 aromatic heterocycles. The largest absolute Gasteiger partial charge is 0.482 e. The number of rotatable bonds is 7. The van der Waals surface area contributed by atoms with Gasteiger partial charge in [-0.15, -0.1) is 17.9 Å². The van der Waals surface area contributed by atoms with Gasteiger partial charge in [0, 0.05) is 23.1 Å². The van der Waals surface area contributed by atoms with Crippen molar-refractivity contribution in [3.05, 3.63) is 70.9 Å². The molecule has 5 rings (SSSR count). The summed E-state index contributed by atoms with van der Waals surface area (Å²) >= 11 is 1.43. The molecule has 3 heterocycles. The van der Waals surface area contributed by atoms with E-state index >= 15 is 0 Å². The van der Waals surface area contributed by atoms with Gasteiger partial charge in [0.2, 0.25) is 4.80 Å². The van der Waals surface area contributed by atoms with Crippen LogP contribution in [0.5, 0.6) is 5.75 Å². The Morgan fingerprint density at radius 1 is 1.22 bits per heavy atom. The predicted octanol–water partition coefficient (Wildman–Crippen LogP) is 4.28. The Hall–Kier alpha value is -3.98. The molecular formula is C27H27N5O3S. The number of fused-ring (bicyclic) bond motifs is 2. The van der Waals surface area contributed by atoms with Crippen LogP contribution >= 0.6 is 11.3 Å². The van der Waals surface area contributed by atoms with Crippen LogP contribution in [0.15, 0.2) is 70.6 Å². The van der Waals surface area contributed by atoms with E-state index in [0.29, 0.717) is 41.0 Å². The van der Waals surface area contributed by atoms with Gasteiger partial charge >= 0.3 is 0 Å². The minimum absolute atomic E-state index is 0.00212. The van der Waals surface area contributed by atoms with E-state index in [1.54, 1.807) is 10.8 Å². The average molecular weight is 502 g/mol. The van der Waals surface area contributed by atoms with Gasteiger partial charge in [0.05, 0.1) is 23.6 Å². The number of hydrogen-bond donors (Lipinski definition) is 1. The maximum atomic E-state index is 13.6. The Kier molecular flexibility index (Phi) is 6.56. The first-order valence-corrected chi connectivity index (χ1v) is 12.7. The van der Waals surface area contributed by atoms with Crippen LogP contribution in [-0.4, -0.2) is 41.9 Å². The summed E-state index contributed by atoms with van der Waals surface area (Å²) in [6, 6.07) is 13.3. The highest BCUT2D eigenvalue weighted by Gasteiger charge is 2.34. The SMILES string of the molecule is C=CCN=c1scc(-c2ccc3c(c2)NC(=O)CO3)n1N=C1C(=O)N(CCC(C)C)c2ccccc21. The molecular weight excluding hydrogens is 474 g/mol. The van der Waals surface area contributed by atoms with Crippen LogP contribution < -0.4 is 19.8 Å². The van der Waals surface area contributed by atoms with Gasteiger partial charge in [-0.1, -0.05) is 38.1 Å². The fourth-order valence-electron chi connectivity index (χ4n) is 4.16. The summed E-state index contributed by atoms with van der Waals surface area (Å²) in [5, 5.41) is 9.67. The van der Waals surface area contributed by atoms with Crippen LogP contribution in [0.2, 0.25) is 0 Å². The van der Waals surface area contributed by atoms with Crippen LogP contribution in [0.1, 0.15) is 25.8 Å². The number of nitrogens with zero attached hydrogens (tertiary/aromatic N) is 4. The molecule has 1 N–H and O–H groups in total.